The van der Waals surface area contributed by atoms with Gasteiger partial charge in [-0.05, 0) is 17.5 Å². The first kappa shape index (κ1) is 18.1. The van der Waals surface area contributed by atoms with Gasteiger partial charge < -0.3 is 0 Å². The minimum atomic E-state index is -3.56. The average Bonchev–Trinajstić information content (AvgIpc) is 2.55. The van der Waals surface area contributed by atoms with Gasteiger partial charge in [-0.1, -0.05) is 55.8 Å². The monoisotopic (exact) mass is 348 g/mol. The number of nitrogens with zero attached hydrogens (tertiary/aromatic N) is 1. The van der Waals surface area contributed by atoms with Crippen molar-refractivity contribution in [3.05, 3.63) is 75.8 Å². The van der Waals surface area contributed by atoms with Crippen LogP contribution in [-0.4, -0.2) is 13.3 Å². The van der Waals surface area contributed by atoms with Gasteiger partial charge in [-0.2, -0.15) is 0 Å². The molecular formula is C17H20N2O4S. The predicted molar refractivity (Wildman–Crippen MR) is 92.9 cm³/mol. The molecule has 0 unspecified atom stereocenters. The molecule has 0 heterocycles. The second-order valence-corrected chi connectivity index (χ2v) is 7.31. The van der Waals surface area contributed by atoms with Crippen LogP contribution in [0.1, 0.15) is 36.9 Å². The number of non-ortho nitro benzene ring substituents is 1. The van der Waals surface area contributed by atoms with Crippen LogP contribution in [0, 0.1) is 10.1 Å². The third-order valence-electron chi connectivity index (χ3n) is 3.60. The van der Waals surface area contributed by atoms with Crippen molar-refractivity contribution in [1.29, 1.82) is 0 Å². The van der Waals surface area contributed by atoms with E-state index in [9.17, 15) is 18.5 Å². The Morgan fingerprint density at radius 1 is 1.08 bits per heavy atom. The Labute approximate surface area is 141 Å². The lowest BCUT2D eigenvalue weighted by atomic mass is 10.0. The van der Waals surface area contributed by atoms with E-state index >= 15 is 0 Å². The second-order valence-electron chi connectivity index (χ2n) is 5.55. The van der Waals surface area contributed by atoms with Crippen molar-refractivity contribution in [3.63, 3.8) is 0 Å². The Kier molecular flexibility index (Phi) is 6.05. The number of hydrogen-bond donors (Lipinski definition) is 1. The zero-order valence-corrected chi connectivity index (χ0v) is 14.2. The third-order valence-corrected chi connectivity index (χ3v) is 4.96. The van der Waals surface area contributed by atoms with Gasteiger partial charge in [-0.3, -0.25) is 10.1 Å². The van der Waals surface area contributed by atoms with Gasteiger partial charge in [-0.15, -0.1) is 0 Å². The summed E-state index contributed by atoms with van der Waals surface area (Å²) >= 11 is 0. The van der Waals surface area contributed by atoms with Crippen LogP contribution in [0.5, 0.6) is 0 Å². The molecule has 1 atom stereocenters. The first-order valence-electron chi connectivity index (χ1n) is 7.69. The molecule has 128 valence electrons. The van der Waals surface area contributed by atoms with E-state index in [1.54, 1.807) is 0 Å². The molecule has 0 saturated heterocycles. The molecule has 24 heavy (non-hydrogen) atoms. The molecule has 2 aromatic rings. The van der Waals surface area contributed by atoms with Crippen LogP contribution in [0.25, 0.3) is 0 Å². The highest BCUT2D eigenvalue weighted by Gasteiger charge is 2.19. The van der Waals surface area contributed by atoms with Crippen molar-refractivity contribution in [2.24, 2.45) is 0 Å². The summed E-state index contributed by atoms with van der Waals surface area (Å²) in [6.07, 6.45) is 1.54. The molecule has 0 saturated carbocycles. The Bertz CT molecular complexity index is 774. The van der Waals surface area contributed by atoms with Crippen LogP contribution in [0.3, 0.4) is 0 Å². The van der Waals surface area contributed by atoms with Crippen LogP contribution in [-0.2, 0) is 15.8 Å². The standard InChI is InChI=1S/C17H20N2O4S/c1-2-6-17(15-7-4-3-5-8-15)18-24(22,23)13-14-9-11-16(12-10-14)19(20)21/h3-5,7-12,17-18H,2,6,13H2,1H3/t17-/m1/s1. The normalized spacial score (nSPS) is 12.7. The van der Waals surface area contributed by atoms with Crippen LogP contribution in [0.15, 0.2) is 54.6 Å². The van der Waals surface area contributed by atoms with E-state index in [1.165, 1.54) is 24.3 Å². The molecule has 2 rings (SSSR count). The lowest BCUT2D eigenvalue weighted by molar-refractivity contribution is -0.384. The Morgan fingerprint density at radius 3 is 2.25 bits per heavy atom. The number of nitrogens with one attached hydrogen (secondary N) is 1. The molecule has 0 fully saturated rings. The molecular weight excluding hydrogens is 328 g/mol. The fourth-order valence-electron chi connectivity index (χ4n) is 2.46. The van der Waals surface area contributed by atoms with Crippen molar-refractivity contribution in [2.45, 2.75) is 31.6 Å². The highest BCUT2D eigenvalue weighted by Crippen LogP contribution is 2.21. The van der Waals surface area contributed by atoms with E-state index in [1.807, 2.05) is 37.3 Å². The maximum Gasteiger partial charge on any atom is 0.269 e. The molecule has 1 N–H and O–H groups in total. The molecule has 0 amide bonds. The first-order valence-corrected chi connectivity index (χ1v) is 9.35. The molecule has 6 nitrogen and oxygen atoms in total. The smallest absolute Gasteiger partial charge is 0.258 e. The minimum Gasteiger partial charge on any atom is -0.258 e. The summed E-state index contributed by atoms with van der Waals surface area (Å²) in [6, 6.07) is 14.7. The molecule has 0 radical (unpaired) electrons. The molecule has 0 bridgehead atoms. The number of sulfonamides is 1. The van der Waals surface area contributed by atoms with E-state index in [4.69, 9.17) is 0 Å². The van der Waals surface area contributed by atoms with Gasteiger partial charge in [0.1, 0.15) is 0 Å². The number of nitro groups is 1. The number of rotatable bonds is 8. The Balaban J connectivity index is 2.12. The van der Waals surface area contributed by atoms with Crippen molar-refractivity contribution in [3.8, 4) is 0 Å². The zero-order valence-electron chi connectivity index (χ0n) is 13.4. The minimum absolute atomic E-state index is 0.0581. The van der Waals surface area contributed by atoms with E-state index in [0.717, 1.165) is 12.0 Å². The highest BCUT2D eigenvalue weighted by molar-refractivity contribution is 7.88. The van der Waals surface area contributed by atoms with Crippen molar-refractivity contribution < 1.29 is 13.3 Å². The summed E-state index contributed by atoms with van der Waals surface area (Å²) in [5, 5.41) is 10.6. The quantitative estimate of drug-likeness (QED) is 0.583. The molecule has 0 aliphatic carbocycles. The number of benzene rings is 2. The maximum absolute atomic E-state index is 12.4. The molecule has 7 heteroatoms. The highest BCUT2D eigenvalue weighted by atomic mass is 32.2. The molecule has 2 aromatic carbocycles. The largest absolute Gasteiger partial charge is 0.269 e. The maximum atomic E-state index is 12.4. The van der Waals surface area contributed by atoms with E-state index in [2.05, 4.69) is 4.72 Å². The number of nitro benzene ring substituents is 1. The summed E-state index contributed by atoms with van der Waals surface area (Å²) < 4.78 is 27.6. The van der Waals surface area contributed by atoms with Crippen LogP contribution in [0.4, 0.5) is 5.69 Å². The fourth-order valence-corrected chi connectivity index (χ4v) is 3.86. The van der Waals surface area contributed by atoms with Gasteiger partial charge in [0, 0.05) is 18.2 Å². The van der Waals surface area contributed by atoms with Gasteiger partial charge in [-0.25, -0.2) is 13.1 Å². The summed E-state index contributed by atoms with van der Waals surface area (Å²) in [6.45, 7) is 2.00. The van der Waals surface area contributed by atoms with Crippen molar-refractivity contribution in [1.82, 2.24) is 4.72 Å². The SMILES string of the molecule is CCC[C@@H](NS(=O)(=O)Cc1ccc([N+](=O)[O-])cc1)c1ccccc1. The Hall–Kier alpha value is -2.25. The van der Waals surface area contributed by atoms with Crippen LogP contribution >= 0.6 is 0 Å². The van der Waals surface area contributed by atoms with Crippen molar-refractivity contribution >= 4 is 15.7 Å². The lowest BCUT2D eigenvalue weighted by Crippen LogP contribution is -2.29. The Morgan fingerprint density at radius 2 is 1.71 bits per heavy atom. The van der Waals surface area contributed by atoms with E-state index < -0.39 is 14.9 Å². The third kappa shape index (κ3) is 5.14. The van der Waals surface area contributed by atoms with Gasteiger partial charge in [0.15, 0.2) is 0 Å². The van der Waals surface area contributed by atoms with E-state index in [-0.39, 0.29) is 17.5 Å². The summed E-state index contributed by atoms with van der Waals surface area (Å²) in [4.78, 5) is 10.1. The number of hydrogen-bond acceptors (Lipinski definition) is 4. The summed E-state index contributed by atoms with van der Waals surface area (Å²) in [5.74, 6) is -0.210. The van der Waals surface area contributed by atoms with Gasteiger partial charge >= 0.3 is 0 Å². The summed E-state index contributed by atoms with van der Waals surface area (Å²) in [5.41, 5.74) is 1.38. The van der Waals surface area contributed by atoms with Crippen LogP contribution in [0.2, 0.25) is 0 Å². The summed E-state index contributed by atoms with van der Waals surface area (Å²) in [7, 11) is -3.56. The topological polar surface area (TPSA) is 89.3 Å². The van der Waals surface area contributed by atoms with Gasteiger partial charge in [0.05, 0.1) is 10.7 Å². The fraction of sp³-hybridized carbons (Fsp3) is 0.294. The molecule has 0 spiro atoms. The van der Waals surface area contributed by atoms with Gasteiger partial charge in [0.2, 0.25) is 10.0 Å². The molecule has 0 aliphatic heterocycles. The average molecular weight is 348 g/mol. The second kappa shape index (κ2) is 8.03. The molecule has 0 aromatic heterocycles. The van der Waals surface area contributed by atoms with E-state index in [0.29, 0.717) is 12.0 Å². The van der Waals surface area contributed by atoms with Crippen molar-refractivity contribution in [2.75, 3.05) is 0 Å². The molecule has 0 aliphatic rings. The lowest BCUT2D eigenvalue weighted by Gasteiger charge is -2.18. The zero-order chi connectivity index (χ0) is 17.6. The van der Waals surface area contributed by atoms with Crippen LogP contribution < -0.4 is 4.72 Å². The predicted octanol–water partition coefficient (Wildman–Crippen LogP) is 3.56. The first-order chi connectivity index (χ1) is 11.4. The van der Waals surface area contributed by atoms with Gasteiger partial charge in [0.25, 0.3) is 5.69 Å².